The monoisotopic (exact) mass is 277 g/mol. The molecule has 0 aromatic carbocycles. The topological polar surface area (TPSA) is 47.0 Å². The lowest BCUT2D eigenvalue weighted by atomic mass is 10.0. The highest BCUT2D eigenvalue weighted by atomic mass is 35.5. The largest absolute Gasteiger partial charge is 0.481 e. The average Bonchev–Trinajstić information content (AvgIpc) is 2.35. The van der Waals surface area contributed by atoms with Crippen LogP contribution in [0.15, 0.2) is 6.07 Å². The van der Waals surface area contributed by atoms with Crippen LogP contribution in [0.5, 0.6) is 5.88 Å². The highest BCUT2D eigenvalue weighted by Crippen LogP contribution is 2.21. The zero-order valence-corrected chi connectivity index (χ0v) is 11.8. The molecule has 0 saturated carbocycles. The molecular weight excluding hydrogens is 261 g/mol. The number of aromatic nitrogens is 2. The van der Waals surface area contributed by atoms with Gasteiger partial charge in [0.15, 0.2) is 0 Å². The molecule has 0 bridgehead atoms. The first-order valence-corrected chi connectivity index (χ1v) is 6.46. The van der Waals surface area contributed by atoms with Gasteiger partial charge in [0.05, 0.1) is 12.6 Å². The van der Waals surface area contributed by atoms with Gasteiger partial charge in [-0.05, 0) is 13.3 Å². The van der Waals surface area contributed by atoms with Crippen LogP contribution in [-0.2, 0) is 0 Å². The number of halogens is 2. The summed E-state index contributed by atoms with van der Waals surface area (Å²) < 4.78 is 5.09. The summed E-state index contributed by atoms with van der Waals surface area (Å²) in [4.78, 5) is 8.51. The van der Waals surface area contributed by atoms with E-state index in [-0.39, 0.29) is 5.54 Å². The summed E-state index contributed by atoms with van der Waals surface area (Å²) in [6.45, 7) is 3.90. The molecule has 1 aromatic heterocycles. The maximum absolute atomic E-state index is 5.95. The van der Waals surface area contributed by atoms with Gasteiger partial charge >= 0.3 is 0 Å². The van der Waals surface area contributed by atoms with Crippen LogP contribution in [0.1, 0.15) is 19.0 Å². The van der Waals surface area contributed by atoms with Gasteiger partial charge in [-0.25, -0.2) is 4.98 Å². The van der Waals surface area contributed by atoms with E-state index in [1.165, 1.54) is 0 Å². The Morgan fingerprint density at radius 1 is 1.35 bits per heavy atom. The Morgan fingerprint density at radius 2 is 2.00 bits per heavy atom. The Morgan fingerprint density at radius 3 is 2.47 bits per heavy atom. The van der Waals surface area contributed by atoms with Crippen molar-refractivity contribution in [2.75, 3.05) is 24.2 Å². The predicted molar refractivity (Wildman–Crippen MR) is 71.4 cm³/mol. The molecule has 6 heteroatoms. The highest BCUT2D eigenvalue weighted by Gasteiger charge is 2.27. The van der Waals surface area contributed by atoms with Crippen molar-refractivity contribution in [3.63, 3.8) is 0 Å². The molecule has 0 aliphatic heterocycles. The van der Waals surface area contributed by atoms with Gasteiger partial charge in [-0.2, -0.15) is 4.98 Å². The Hall–Kier alpha value is -0.740. The highest BCUT2D eigenvalue weighted by molar-refractivity contribution is 6.22. The van der Waals surface area contributed by atoms with E-state index in [2.05, 4.69) is 15.3 Å². The van der Waals surface area contributed by atoms with Crippen molar-refractivity contribution in [2.24, 2.45) is 0 Å². The zero-order valence-electron chi connectivity index (χ0n) is 10.3. The second-order valence-corrected chi connectivity index (χ2v) is 4.44. The molecule has 0 saturated heterocycles. The molecule has 4 nitrogen and oxygen atoms in total. The van der Waals surface area contributed by atoms with Crippen LogP contribution in [0.3, 0.4) is 0 Å². The minimum absolute atomic E-state index is 0.387. The minimum atomic E-state index is -0.387. The van der Waals surface area contributed by atoms with Crippen LogP contribution in [0.2, 0.25) is 0 Å². The quantitative estimate of drug-likeness (QED) is 0.813. The second kappa shape index (κ2) is 6.26. The number of ether oxygens (including phenoxy) is 1. The Bertz CT molecular complexity index is 361. The molecule has 17 heavy (non-hydrogen) atoms. The Labute approximate surface area is 112 Å². The van der Waals surface area contributed by atoms with Crippen LogP contribution in [0, 0.1) is 6.92 Å². The molecule has 0 atom stereocenters. The third-order valence-electron chi connectivity index (χ3n) is 2.61. The smallest absolute Gasteiger partial charge is 0.226 e. The van der Waals surface area contributed by atoms with Gasteiger partial charge in [0, 0.05) is 23.5 Å². The van der Waals surface area contributed by atoms with E-state index in [0.29, 0.717) is 23.6 Å². The van der Waals surface area contributed by atoms with Crippen molar-refractivity contribution in [1.82, 2.24) is 9.97 Å². The van der Waals surface area contributed by atoms with Crippen LogP contribution in [0.4, 0.5) is 5.95 Å². The molecule has 0 unspecified atom stereocenters. The maximum Gasteiger partial charge on any atom is 0.226 e. The van der Waals surface area contributed by atoms with Crippen LogP contribution < -0.4 is 10.1 Å². The molecule has 0 fully saturated rings. The number of hydrogen-bond acceptors (Lipinski definition) is 4. The van der Waals surface area contributed by atoms with Gasteiger partial charge in [-0.15, -0.1) is 23.2 Å². The molecule has 0 aliphatic carbocycles. The van der Waals surface area contributed by atoms with E-state index in [0.717, 1.165) is 12.1 Å². The minimum Gasteiger partial charge on any atom is -0.481 e. The molecular formula is C11H17Cl2N3O. The number of anilines is 1. The SMILES string of the molecule is CCC(CCl)(CCl)Nc1nc(C)cc(OC)n1. The van der Waals surface area contributed by atoms with Crippen molar-refractivity contribution in [3.8, 4) is 5.88 Å². The van der Waals surface area contributed by atoms with Gasteiger partial charge < -0.3 is 10.1 Å². The molecule has 96 valence electrons. The maximum atomic E-state index is 5.95. The summed E-state index contributed by atoms with van der Waals surface area (Å²) >= 11 is 11.9. The summed E-state index contributed by atoms with van der Waals surface area (Å²) in [5.41, 5.74) is 0.440. The van der Waals surface area contributed by atoms with Crippen molar-refractivity contribution >= 4 is 29.2 Å². The van der Waals surface area contributed by atoms with Gasteiger partial charge in [-0.1, -0.05) is 6.92 Å². The number of hydrogen-bond donors (Lipinski definition) is 1. The Kier molecular flexibility index (Phi) is 5.28. The first kappa shape index (κ1) is 14.3. The normalized spacial score (nSPS) is 11.4. The molecule has 0 spiro atoms. The first-order valence-electron chi connectivity index (χ1n) is 5.39. The molecule has 0 radical (unpaired) electrons. The third kappa shape index (κ3) is 3.61. The van der Waals surface area contributed by atoms with Crippen molar-refractivity contribution < 1.29 is 4.74 Å². The van der Waals surface area contributed by atoms with Crippen LogP contribution >= 0.6 is 23.2 Å². The van der Waals surface area contributed by atoms with Crippen molar-refractivity contribution in [2.45, 2.75) is 25.8 Å². The van der Waals surface area contributed by atoms with E-state index in [9.17, 15) is 0 Å². The third-order valence-corrected chi connectivity index (χ3v) is 3.63. The average molecular weight is 278 g/mol. The van der Waals surface area contributed by atoms with Gasteiger partial charge in [0.25, 0.3) is 0 Å². The standard InChI is InChI=1S/C11H17Cl2N3O/c1-4-11(6-12,7-13)16-10-14-8(2)5-9(15-10)17-3/h5H,4,6-7H2,1-3H3,(H,14,15,16). The van der Waals surface area contributed by atoms with E-state index >= 15 is 0 Å². The van der Waals surface area contributed by atoms with E-state index in [1.54, 1.807) is 13.2 Å². The Balaban J connectivity index is 2.96. The first-order chi connectivity index (χ1) is 8.09. The van der Waals surface area contributed by atoms with Crippen molar-refractivity contribution in [1.29, 1.82) is 0 Å². The molecule has 1 rings (SSSR count). The summed E-state index contributed by atoms with van der Waals surface area (Å²) in [5.74, 6) is 1.80. The molecule has 1 heterocycles. The number of aryl methyl sites for hydroxylation is 1. The summed E-state index contributed by atoms with van der Waals surface area (Å²) in [6, 6.07) is 1.76. The fraction of sp³-hybridized carbons (Fsp3) is 0.636. The van der Waals surface area contributed by atoms with E-state index in [4.69, 9.17) is 27.9 Å². The van der Waals surface area contributed by atoms with Crippen LogP contribution in [-0.4, -0.2) is 34.4 Å². The van der Waals surface area contributed by atoms with Gasteiger partial charge in [0.1, 0.15) is 0 Å². The lowest BCUT2D eigenvalue weighted by molar-refractivity contribution is 0.396. The summed E-state index contributed by atoms with van der Waals surface area (Å²) in [7, 11) is 1.57. The van der Waals surface area contributed by atoms with Gasteiger partial charge in [0.2, 0.25) is 11.8 Å². The molecule has 0 aliphatic rings. The fourth-order valence-electron chi connectivity index (χ4n) is 1.32. The number of alkyl halides is 2. The van der Waals surface area contributed by atoms with E-state index in [1.807, 2.05) is 13.8 Å². The lowest BCUT2D eigenvalue weighted by Crippen LogP contribution is -2.42. The number of methoxy groups -OCH3 is 1. The molecule has 1 aromatic rings. The predicted octanol–water partition coefficient (Wildman–Crippen LogP) is 2.83. The number of rotatable bonds is 6. The molecule has 1 N–H and O–H groups in total. The number of nitrogens with one attached hydrogen (secondary N) is 1. The summed E-state index contributed by atoms with van der Waals surface area (Å²) in [6.07, 6.45) is 0.791. The van der Waals surface area contributed by atoms with E-state index < -0.39 is 0 Å². The lowest BCUT2D eigenvalue weighted by Gasteiger charge is -2.29. The fourth-order valence-corrected chi connectivity index (χ4v) is 2.11. The van der Waals surface area contributed by atoms with Crippen molar-refractivity contribution in [3.05, 3.63) is 11.8 Å². The zero-order chi connectivity index (χ0) is 12.9. The van der Waals surface area contributed by atoms with Gasteiger partial charge in [-0.3, -0.25) is 0 Å². The summed E-state index contributed by atoms with van der Waals surface area (Å²) in [5, 5.41) is 3.19. The second-order valence-electron chi connectivity index (χ2n) is 3.90. The molecule has 0 amide bonds. The number of nitrogens with zero attached hydrogens (tertiary/aromatic N) is 2. The van der Waals surface area contributed by atoms with Crippen LogP contribution in [0.25, 0.3) is 0 Å².